The summed E-state index contributed by atoms with van der Waals surface area (Å²) in [4.78, 5) is 49.3. The number of imide groups is 1. The smallest absolute Gasteiger partial charge is 0.414 e. The van der Waals surface area contributed by atoms with Gasteiger partial charge in [0.25, 0.3) is 0 Å². The highest BCUT2D eigenvalue weighted by Gasteiger charge is 2.25. The molecule has 2 rings (SSSR count). The predicted octanol–water partition coefficient (Wildman–Crippen LogP) is 3.13. The van der Waals surface area contributed by atoms with Crippen molar-refractivity contribution in [3.63, 3.8) is 0 Å². The number of hydrogen-bond acceptors (Lipinski definition) is 6. The van der Waals surface area contributed by atoms with Crippen LogP contribution in [0, 0.1) is 0 Å². The second-order valence-electron chi connectivity index (χ2n) is 8.77. The number of alkyl carbamates (subject to hydrolysis) is 1. The molecule has 2 N–H and O–H groups in total. The molecule has 9 nitrogen and oxygen atoms in total. The van der Waals surface area contributed by atoms with Gasteiger partial charge in [-0.15, -0.1) is 0 Å². The minimum Gasteiger partial charge on any atom is -0.445 e. The second-order valence-corrected chi connectivity index (χ2v) is 8.77. The van der Waals surface area contributed by atoms with Crippen LogP contribution in [0.3, 0.4) is 0 Å². The number of ether oxygens (including phenoxy) is 2. The van der Waals surface area contributed by atoms with Crippen molar-refractivity contribution in [2.24, 2.45) is 0 Å². The Labute approximate surface area is 188 Å². The van der Waals surface area contributed by atoms with Crippen LogP contribution in [0.2, 0.25) is 0 Å². The zero-order valence-electron chi connectivity index (χ0n) is 19.0. The molecule has 1 aliphatic heterocycles. The monoisotopic (exact) mass is 447 g/mol. The number of amides is 4. The molecule has 1 heterocycles. The summed E-state index contributed by atoms with van der Waals surface area (Å²) >= 11 is 0. The van der Waals surface area contributed by atoms with E-state index in [1.165, 1.54) is 0 Å². The van der Waals surface area contributed by atoms with Crippen molar-refractivity contribution >= 4 is 24.0 Å². The normalized spacial score (nSPS) is 14.4. The lowest BCUT2D eigenvalue weighted by Gasteiger charge is -2.31. The molecule has 0 bridgehead atoms. The van der Waals surface area contributed by atoms with E-state index in [0.29, 0.717) is 32.4 Å². The van der Waals surface area contributed by atoms with E-state index in [1.54, 1.807) is 25.7 Å². The van der Waals surface area contributed by atoms with E-state index in [2.05, 4.69) is 10.6 Å². The Balaban J connectivity index is 1.58. The third-order valence-corrected chi connectivity index (χ3v) is 4.77. The van der Waals surface area contributed by atoms with Gasteiger partial charge in [0, 0.05) is 32.0 Å². The molecule has 0 aromatic heterocycles. The van der Waals surface area contributed by atoms with E-state index < -0.39 is 17.6 Å². The van der Waals surface area contributed by atoms with Crippen molar-refractivity contribution in [3.05, 3.63) is 35.9 Å². The molecule has 0 saturated carbocycles. The number of hydrogen-bond donors (Lipinski definition) is 2. The van der Waals surface area contributed by atoms with Gasteiger partial charge in [0.15, 0.2) is 0 Å². The Morgan fingerprint density at radius 2 is 1.62 bits per heavy atom. The SMILES string of the molecule is CC(C)(C)OC(=O)NC(=O)CCCC(=O)NC1CCN(C(=O)OCc2ccccc2)CC1. The fraction of sp³-hybridized carbons (Fsp3) is 0.565. The number of nitrogens with one attached hydrogen (secondary N) is 2. The molecule has 0 aliphatic carbocycles. The third-order valence-electron chi connectivity index (χ3n) is 4.77. The van der Waals surface area contributed by atoms with Crippen LogP contribution in [0.5, 0.6) is 0 Å². The van der Waals surface area contributed by atoms with Crippen LogP contribution in [-0.4, -0.2) is 53.6 Å². The first kappa shape index (κ1) is 25.2. The fourth-order valence-corrected chi connectivity index (χ4v) is 3.21. The first-order chi connectivity index (χ1) is 15.1. The molecule has 4 amide bonds. The van der Waals surface area contributed by atoms with E-state index in [-0.39, 0.29) is 37.5 Å². The number of carbonyl (C=O) groups excluding carboxylic acids is 4. The molecule has 1 aromatic carbocycles. The van der Waals surface area contributed by atoms with Crippen LogP contribution >= 0.6 is 0 Å². The predicted molar refractivity (Wildman–Crippen MR) is 118 cm³/mol. The van der Waals surface area contributed by atoms with Crippen molar-refractivity contribution in [1.29, 1.82) is 0 Å². The van der Waals surface area contributed by atoms with Crippen LogP contribution in [0.4, 0.5) is 9.59 Å². The highest BCUT2D eigenvalue weighted by molar-refractivity contribution is 5.92. The first-order valence-corrected chi connectivity index (χ1v) is 10.9. The van der Waals surface area contributed by atoms with Crippen LogP contribution in [-0.2, 0) is 25.7 Å². The number of benzene rings is 1. The van der Waals surface area contributed by atoms with Gasteiger partial charge in [-0.3, -0.25) is 14.9 Å². The summed E-state index contributed by atoms with van der Waals surface area (Å²) in [5, 5.41) is 5.09. The summed E-state index contributed by atoms with van der Waals surface area (Å²) in [6, 6.07) is 9.47. The Hall–Kier alpha value is -3.10. The first-order valence-electron chi connectivity index (χ1n) is 10.9. The largest absolute Gasteiger partial charge is 0.445 e. The lowest BCUT2D eigenvalue weighted by Crippen LogP contribution is -2.46. The third kappa shape index (κ3) is 9.80. The van der Waals surface area contributed by atoms with E-state index >= 15 is 0 Å². The Kier molecular flexibility index (Phi) is 9.49. The summed E-state index contributed by atoms with van der Waals surface area (Å²) in [5.74, 6) is -0.630. The summed E-state index contributed by atoms with van der Waals surface area (Å²) in [5.41, 5.74) is 0.251. The molecular formula is C23H33N3O6. The topological polar surface area (TPSA) is 114 Å². The average Bonchev–Trinajstić information content (AvgIpc) is 2.71. The molecule has 1 fully saturated rings. The maximum Gasteiger partial charge on any atom is 0.414 e. The number of piperidine rings is 1. The quantitative estimate of drug-likeness (QED) is 0.664. The van der Waals surface area contributed by atoms with E-state index in [1.807, 2.05) is 30.3 Å². The van der Waals surface area contributed by atoms with Crippen LogP contribution in [0.1, 0.15) is 58.4 Å². The van der Waals surface area contributed by atoms with Crippen molar-refractivity contribution in [2.75, 3.05) is 13.1 Å². The van der Waals surface area contributed by atoms with Crippen molar-refractivity contribution in [3.8, 4) is 0 Å². The zero-order valence-corrected chi connectivity index (χ0v) is 19.0. The molecule has 1 saturated heterocycles. The second kappa shape index (κ2) is 12.1. The van der Waals surface area contributed by atoms with Crippen molar-refractivity contribution in [1.82, 2.24) is 15.5 Å². The number of carbonyl (C=O) groups is 4. The highest BCUT2D eigenvalue weighted by Crippen LogP contribution is 2.13. The van der Waals surface area contributed by atoms with Gasteiger partial charge in [0.2, 0.25) is 11.8 Å². The molecule has 32 heavy (non-hydrogen) atoms. The van der Waals surface area contributed by atoms with Crippen LogP contribution in [0.25, 0.3) is 0 Å². The van der Waals surface area contributed by atoms with Crippen molar-refractivity contribution < 1.29 is 28.7 Å². The summed E-state index contributed by atoms with van der Waals surface area (Å²) in [7, 11) is 0. The van der Waals surface area contributed by atoms with Crippen LogP contribution < -0.4 is 10.6 Å². The van der Waals surface area contributed by atoms with Crippen molar-refractivity contribution in [2.45, 2.75) is 71.1 Å². The zero-order chi connectivity index (χ0) is 23.6. The molecule has 0 spiro atoms. The number of nitrogens with zero attached hydrogens (tertiary/aromatic N) is 1. The molecule has 1 aliphatic rings. The standard InChI is InChI=1S/C23H33N3O6/c1-23(2,3)32-21(29)25-20(28)11-7-10-19(27)24-18-12-14-26(15-13-18)22(30)31-16-17-8-5-4-6-9-17/h4-6,8-9,18H,7,10-16H2,1-3H3,(H,24,27)(H,25,28,29). The van der Waals surface area contributed by atoms with Gasteiger partial charge in [-0.05, 0) is 45.6 Å². The number of rotatable bonds is 7. The Morgan fingerprint density at radius 3 is 2.25 bits per heavy atom. The van der Waals surface area contributed by atoms with Gasteiger partial charge in [0.05, 0.1) is 0 Å². The van der Waals surface area contributed by atoms with Gasteiger partial charge < -0.3 is 19.7 Å². The van der Waals surface area contributed by atoms with Gasteiger partial charge in [-0.1, -0.05) is 30.3 Å². The molecule has 0 atom stereocenters. The maximum atomic E-state index is 12.2. The molecule has 176 valence electrons. The van der Waals surface area contributed by atoms with Crippen LogP contribution in [0.15, 0.2) is 30.3 Å². The summed E-state index contributed by atoms with van der Waals surface area (Å²) in [6.45, 7) is 6.38. The minimum atomic E-state index is -0.791. The highest BCUT2D eigenvalue weighted by atomic mass is 16.6. The fourth-order valence-electron chi connectivity index (χ4n) is 3.21. The van der Waals surface area contributed by atoms with Gasteiger partial charge >= 0.3 is 12.2 Å². The van der Waals surface area contributed by atoms with Gasteiger partial charge in [-0.2, -0.15) is 0 Å². The molecule has 0 unspecified atom stereocenters. The molecule has 0 radical (unpaired) electrons. The summed E-state index contributed by atoms with van der Waals surface area (Å²) < 4.78 is 10.4. The molecule has 1 aromatic rings. The number of likely N-dealkylation sites (tertiary alicyclic amines) is 1. The average molecular weight is 448 g/mol. The maximum absolute atomic E-state index is 12.2. The summed E-state index contributed by atoms with van der Waals surface area (Å²) in [6.07, 6.45) is 0.705. The lowest BCUT2D eigenvalue weighted by molar-refractivity contribution is -0.122. The minimum absolute atomic E-state index is 0.0173. The molecular weight excluding hydrogens is 414 g/mol. The van der Waals surface area contributed by atoms with Gasteiger partial charge in [0.1, 0.15) is 12.2 Å². The van der Waals surface area contributed by atoms with Gasteiger partial charge in [-0.25, -0.2) is 9.59 Å². The van der Waals surface area contributed by atoms with E-state index in [0.717, 1.165) is 5.56 Å². The van der Waals surface area contributed by atoms with E-state index in [4.69, 9.17) is 9.47 Å². The van der Waals surface area contributed by atoms with E-state index in [9.17, 15) is 19.2 Å². The Bertz CT molecular complexity index is 783. The molecule has 9 heteroatoms. The lowest BCUT2D eigenvalue weighted by atomic mass is 10.0. The Morgan fingerprint density at radius 1 is 1.00 bits per heavy atom.